The number of ether oxygens (including phenoxy) is 6. The predicted octanol–water partition coefficient (Wildman–Crippen LogP) is 5.32. The van der Waals surface area contributed by atoms with E-state index >= 15 is 0 Å². The van der Waals surface area contributed by atoms with Gasteiger partial charge in [-0.2, -0.15) is 0 Å². The highest BCUT2D eigenvalue weighted by molar-refractivity contribution is 7.79. The van der Waals surface area contributed by atoms with Crippen LogP contribution in [0.3, 0.4) is 0 Å². The van der Waals surface area contributed by atoms with Gasteiger partial charge in [0.2, 0.25) is 13.6 Å². The molecule has 4 aromatic rings. The lowest BCUT2D eigenvalue weighted by molar-refractivity contribution is 0.173. The van der Waals surface area contributed by atoms with Crippen molar-refractivity contribution in [3.63, 3.8) is 0 Å². The summed E-state index contributed by atoms with van der Waals surface area (Å²) in [7, 11) is -5.17. The molecular formula is C38H40F2N2O10S-2. The van der Waals surface area contributed by atoms with Gasteiger partial charge in [-0.15, -0.1) is 0 Å². The van der Waals surface area contributed by atoms with Gasteiger partial charge in [0.05, 0.1) is 13.2 Å². The molecule has 15 heteroatoms. The summed E-state index contributed by atoms with van der Waals surface area (Å²) in [5.74, 6) is 5.57. The van der Waals surface area contributed by atoms with E-state index in [0.717, 1.165) is 73.5 Å². The van der Waals surface area contributed by atoms with Gasteiger partial charge in [0.25, 0.3) is 0 Å². The zero-order valence-corrected chi connectivity index (χ0v) is 29.5. The molecule has 4 heterocycles. The summed E-state index contributed by atoms with van der Waals surface area (Å²) in [5, 5.41) is 6.85. The molecular weight excluding hydrogens is 714 g/mol. The van der Waals surface area contributed by atoms with E-state index < -0.39 is 10.4 Å². The number of halogens is 2. The third-order valence-corrected chi connectivity index (χ3v) is 9.43. The van der Waals surface area contributed by atoms with Gasteiger partial charge < -0.3 is 48.2 Å². The average Bonchev–Trinajstić information content (AvgIpc) is 3.83. The summed E-state index contributed by atoms with van der Waals surface area (Å²) in [6, 6.07) is 25.0. The molecule has 0 saturated carbocycles. The number of hydrogen-bond donors (Lipinski definition) is 2. The van der Waals surface area contributed by atoms with Crippen LogP contribution in [0, 0.1) is 23.5 Å². The van der Waals surface area contributed by atoms with E-state index in [-0.39, 0.29) is 25.2 Å². The molecule has 0 aromatic heterocycles. The molecule has 0 bridgehead atoms. The Labute approximate surface area is 306 Å². The first kappa shape index (κ1) is 38.1. The van der Waals surface area contributed by atoms with Crippen molar-refractivity contribution >= 4 is 10.4 Å². The van der Waals surface area contributed by atoms with Crippen LogP contribution in [0.1, 0.15) is 35.8 Å². The normalized spacial score (nSPS) is 21.4. The minimum absolute atomic E-state index is 0.194. The lowest BCUT2D eigenvalue weighted by Gasteiger charge is -2.32. The summed E-state index contributed by atoms with van der Waals surface area (Å²) in [4.78, 5) is 0. The van der Waals surface area contributed by atoms with E-state index in [1.165, 1.54) is 35.4 Å². The van der Waals surface area contributed by atoms with Crippen LogP contribution < -0.4 is 39.1 Å². The highest BCUT2D eigenvalue weighted by Crippen LogP contribution is 2.38. The molecule has 284 valence electrons. The molecule has 4 aliphatic rings. The Morgan fingerprint density at radius 3 is 1.38 bits per heavy atom. The Bertz CT molecular complexity index is 1770. The van der Waals surface area contributed by atoms with Crippen LogP contribution in [0.2, 0.25) is 0 Å². The number of nitrogens with one attached hydrogen (secondary N) is 2. The van der Waals surface area contributed by atoms with E-state index in [4.69, 9.17) is 45.9 Å². The second-order valence-corrected chi connectivity index (χ2v) is 13.7. The van der Waals surface area contributed by atoms with Gasteiger partial charge in [0.15, 0.2) is 23.0 Å². The molecule has 53 heavy (non-hydrogen) atoms. The van der Waals surface area contributed by atoms with Crippen LogP contribution in [-0.2, 0) is 10.4 Å². The number of rotatable bonds is 8. The molecule has 0 amide bonds. The summed E-state index contributed by atoms with van der Waals surface area (Å²) in [6.45, 7) is 5.48. The molecule has 8 rings (SSSR count). The van der Waals surface area contributed by atoms with Crippen molar-refractivity contribution in [2.45, 2.75) is 24.7 Å². The van der Waals surface area contributed by atoms with Gasteiger partial charge in [0, 0.05) is 47.5 Å². The zero-order valence-electron chi connectivity index (χ0n) is 28.7. The van der Waals surface area contributed by atoms with Crippen LogP contribution >= 0.6 is 0 Å². The van der Waals surface area contributed by atoms with Gasteiger partial charge >= 0.3 is 0 Å². The maximum Gasteiger partial charge on any atom is 0.231 e. The molecule has 12 nitrogen and oxygen atoms in total. The van der Waals surface area contributed by atoms with Crippen molar-refractivity contribution in [2.24, 2.45) is 11.8 Å². The summed E-state index contributed by atoms with van der Waals surface area (Å²) < 4.78 is 93.8. The second kappa shape index (κ2) is 17.9. The summed E-state index contributed by atoms with van der Waals surface area (Å²) in [6.07, 6.45) is 2.06. The third kappa shape index (κ3) is 11.2. The lowest BCUT2D eigenvalue weighted by Crippen LogP contribution is -2.38. The molecule has 4 atom stereocenters. The third-order valence-electron chi connectivity index (χ3n) is 9.43. The maximum atomic E-state index is 13.2. The topological polar surface area (TPSA) is 160 Å². The molecule has 0 aliphatic carbocycles. The molecule has 2 fully saturated rings. The van der Waals surface area contributed by atoms with Crippen molar-refractivity contribution in [3.8, 4) is 34.5 Å². The quantitative estimate of drug-likeness (QED) is 0.177. The van der Waals surface area contributed by atoms with Crippen LogP contribution in [0.25, 0.3) is 0 Å². The van der Waals surface area contributed by atoms with Crippen LogP contribution in [0.15, 0.2) is 84.9 Å². The molecule has 4 aromatic carbocycles. The van der Waals surface area contributed by atoms with Crippen LogP contribution in [0.5, 0.6) is 34.5 Å². The van der Waals surface area contributed by atoms with Gasteiger partial charge in [-0.05, 0) is 97.4 Å². The summed E-state index contributed by atoms with van der Waals surface area (Å²) >= 11 is 0. The largest absolute Gasteiger partial charge is 0.759 e. The highest BCUT2D eigenvalue weighted by atomic mass is 32.3. The molecule has 4 aliphatic heterocycles. The fourth-order valence-corrected chi connectivity index (χ4v) is 6.83. The first-order valence-electron chi connectivity index (χ1n) is 17.2. The predicted molar refractivity (Wildman–Crippen MR) is 187 cm³/mol. The van der Waals surface area contributed by atoms with Crippen molar-refractivity contribution in [1.82, 2.24) is 10.6 Å². The zero-order chi connectivity index (χ0) is 37.2. The van der Waals surface area contributed by atoms with E-state index in [1.807, 2.05) is 60.7 Å². The second-order valence-electron chi connectivity index (χ2n) is 12.9. The fraction of sp³-hybridized carbons (Fsp3) is 0.368. The fourth-order valence-electron chi connectivity index (χ4n) is 6.83. The van der Waals surface area contributed by atoms with Crippen molar-refractivity contribution in [2.75, 3.05) is 53.0 Å². The first-order chi connectivity index (χ1) is 25.6. The van der Waals surface area contributed by atoms with Crippen molar-refractivity contribution < 1.29 is 54.7 Å². The van der Waals surface area contributed by atoms with E-state index in [1.54, 1.807) is 0 Å². The highest BCUT2D eigenvalue weighted by Gasteiger charge is 2.28. The number of piperidine rings is 2. The SMILES string of the molecule is Fc1ccc(C2CCNCC2COc2ccc3c(c2)OCO3)cc1.Fc1ccc(C2CCNCC2COc2ccc3c(c2)OCO3)cc1.O=S(=O)([O-])[O-]. The molecule has 4 unspecified atom stereocenters. The number of fused-ring (bicyclic) bond motifs is 2. The minimum atomic E-state index is -5.17. The van der Waals surface area contributed by atoms with Gasteiger partial charge in [0.1, 0.15) is 23.1 Å². The van der Waals surface area contributed by atoms with Crippen LogP contribution in [0.4, 0.5) is 8.78 Å². The molecule has 0 spiro atoms. The first-order valence-corrected chi connectivity index (χ1v) is 18.6. The lowest BCUT2D eigenvalue weighted by atomic mass is 9.81. The van der Waals surface area contributed by atoms with Crippen molar-refractivity contribution in [3.05, 3.63) is 108 Å². The van der Waals surface area contributed by atoms with E-state index in [9.17, 15) is 8.78 Å². The smallest absolute Gasteiger partial charge is 0.231 e. The standard InChI is InChI=1S/2C19H20FNO3.H2O4S/c2*20-15-3-1-13(2-4-15)17-7-8-21-10-14(17)11-22-16-5-6-18-19(9-16)24-12-23-18;1-5(2,3)4/h2*1-6,9,14,17,21H,7-8,10-12H2;(H2,1,2,3,4)/p-2. The average molecular weight is 755 g/mol. The Kier molecular flexibility index (Phi) is 12.9. The Balaban J connectivity index is 0.000000161. The Hall–Kier alpha value is -4.67. The summed E-state index contributed by atoms with van der Waals surface area (Å²) in [5.41, 5.74) is 2.36. The van der Waals surface area contributed by atoms with Crippen LogP contribution in [-0.4, -0.2) is 70.5 Å². The molecule has 0 radical (unpaired) electrons. The van der Waals surface area contributed by atoms with Gasteiger partial charge in [-0.1, -0.05) is 24.3 Å². The van der Waals surface area contributed by atoms with E-state index in [0.29, 0.717) is 36.9 Å². The minimum Gasteiger partial charge on any atom is -0.759 e. The Morgan fingerprint density at radius 2 is 0.981 bits per heavy atom. The maximum absolute atomic E-state index is 13.2. The number of benzene rings is 4. The van der Waals surface area contributed by atoms with Crippen molar-refractivity contribution in [1.29, 1.82) is 0 Å². The van der Waals surface area contributed by atoms with Gasteiger partial charge in [-0.3, -0.25) is 8.42 Å². The number of hydrogen-bond acceptors (Lipinski definition) is 12. The Morgan fingerprint density at radius 1 is 0.604 bits per heavy atom. The monoisotopic (exact) mass is 754 g/mol. The molecule has 2 saturated heterocycles. The van der Waals surface area contributed by atoms with Gasteiger partial charge in [-0.25, -0.2) is 8.78 Å². The van der Waals surface area contributed by atoms with E-state index in [2.05, 4.69) is 10.6 Å². The molecule has 2 N–H and O–H groups in total.